The second kappa shape index (κ2) is 5.15. The number of aliphatic hydroxyl groups excluding tert-OH is 1. The lowest BCUT2D eigenvalue weighted by molar-refractivity contribution is 0.190. The molecule has 0 spiro atoms. The maximum Gasteiger partial charge on any atom is 0.0477 e. The Hall–Kier alpha value is -0.610. The third-order valence-electron chi connectivity index (χ3n) is 3.14. The van der Waals surface area contributed by atoms with Gasteiger partial charge in [-0.05, 0) is 23.6 Å². The number of benzene rings is 1. The molecule has 3 nitrogen and oxygen atoms in total. The fourth-order valence-corrected chi connectivity index (χ4v) is 2.59. The van der Waals surface area contributed by atoms with Gasteiger partial charge in [0.15, 0.2) is 0 Å². The first-order valence-corrected chi connectivity index (χ1v) is 5.98. The van der Waals surface area contributed by atoms with E-state index in [-0.39, 0.29) is 12.6 Å². The van der Waals surface area contributed by atoms with Gasteiger partial charge in [-0.2, -0.15) is 0 Å². The van der Waals surface area contributed by atoms with Crippen molar-refractivity contribution in [3.8, 4) is 0 Å². The Morgan fingerprint density at radius 3 is 3.00 bits per heavy atom. The molecule has 0 saturated heterocycles. The molecule has 0 aromatic heterocycles. The van der Waals surface area contributed by atoms with E-state index in [1.54, 1.807) is 0 Å². The van der Waals surface area contributed by atoms with E-state index in [4.69, 9.17) is 22.4 Å². The van der Waals surface area contributed by atoms with Crippen LogP contribution >= 0.6 is 11.6 Å². The first-order valence-electron chi connectivity index (χ1n) is 5.60. The van der Waals surface area contributed by atoms with Crippen molar-refractivity contribution in [1.82, 2.24) is 4.90 Å². The molecule has 1 aliphatic heterocycles. The molecule has 1 unspecified atom stereocenters. The first kappa shape index (κ1) is 11.9. The first-order chi connectivity index (χ1) is 7.77. The van der Waals surface area contributed by atoms with Gasteiger partial charge in [-0.15, -0.1) is 0 Å². The zero-order chi connectivity index (χ0) is 11.5. The molecular weight excluding hydrogens is 224 g/mol. The highest BCUT2D eigenvalue weighted by Gasteiger charge is 2.29. The van der Waals surface area contributed by atoms with Gasteiger partial charge in [-0.1, -0.05) is 23.7 Å². The van der Waals surface area contributed by atoms with Crippen LogP contribution in [-0.2, 0) is 6.54 Å². The quantitative estimate of drug-likeness (QED) is 0.840. The van der Waals surface area contributed by atoms with Crippen LogP contribution in [0.15, 0.2) is 18.2 Å². The number of halogens is 1. The van der Waals surface area contributed by atoms with Crippen molar-refractivity contribution in [3.63, 3.8) is 0 Å². The third kappa shape index (κ3) is 2.09. The van der Waals surface area contributed by atoms with Crippen molar-refractivity contribution >= 4 is 11.6 Å². The van der Waals surface area contributed by atoms with E-state index in [0.717, 1.165) is 24.5 Å². The van der Waals surface area contributed by atoms with Crippen molar-refractivity contribution in [2.45, 2.75) is 19.0 Å². The van der Waals surface area contributed by atoms with Gasteiger partial charge in [-0.25, -0.2) is 0 Å². The van der Waals surface area contributed by atoms with Crippen molar-refractivity contribution in [2.75, 3.05) is 19.7 Å². The Bertz CT molecular complexity index is 370. The molecule has 2 rings (SSSR count). The van der Waals surface area contributed by atoms with Crippen LogP contribution in [-0.4, -0.2) is 29.7 Å². The van der Waals surface area contributed by atoms with Gasteiger partial charge in [0.25, 0.3) is 0 Å². The molecule has 4 heteroatoms. The van der Waals surface area contributed by atoms with E-state index in [1.807, 2.05) is 12.1 Å². The van der Waals surface area contributed by atoms with Crippen molar-refractivity contribution in [3.05, 3.63) is 34.3 Å². The Morgan fingerprint density at radius 1 is 1.50 bits per heavy atom. The average Bonchev–Trinajstić information content (AvgIpc) is 2.65. The largest absolute Gasteiger partial charge is 0.396 e. The molecule has 16 heavy (non-hydrogen) atoms. The van der Waals surface area contributed by atoms with Crippen molar-refractivity contribution < 1.29 is 5.11 Å². The van der Waals surface area contributed by atoms with Gasteiger partial charge in [0.2, 0.25) is 0 Å². The lowest BCUT2D eigenvalue weighted by Crippen LogP contribution is -2.29. The number of nitrogens with zero attached hydrogens (tertiary/aromatic N) is 1. The Morgan fingerprint density at radius 2 is 2.31 bits per heavy atom. The van der Waals surface area contributed by atoms with E-state index >= 15 is 0 Å². The summed E-state index contributed by atoms with van der Waals surface area (Å²) in [5.74, 6) is 0. The van der Waals surface area contributed by atoms with E-state index in [2.05, 4.69) is 11.0 Å². The van der Waals surface area contributed by atoms with Crippen molar-refractivity contribution in [1.29, 1.82) is 0 Å². The van der Waals surface area contributed by atoms with Crippen LogP contribution in [0.2, 0.25) is 5.02 Å². The summed E-state index contributed by atoms with van der Waals surface area (Å²) in [5, 5.41) is 9.69. The normalized spacial score (nSPS) is 20.1. The Kier molecular flexibility index (Phi) is 3.82. The maximum absolute atomic E-state index is 8.87. The molecule has 0 fully saturated rings. The van der Waals surface area contributed by atoms with E-state index in [9.17, 15) is 0 Å². The van der Waals surface area contributed by atoms with Gasteiger partial charge in [-0.3, -0.25) is 4.90 Å². The number of hydrogen-bond acceptors (Lipinski definition) is 3. The second-order valence-electron chi connectivity index (χ2n) is 4.11. The zero-order valence-electron chi connectivity index (χ0n) is 9.19. The van der Waals surface area contributed by atoms with Gasteiger partial charge in [0.05, 0.1) is 0 Å². The molecule has 0 amide bonds. The van der Waals surface area contributed by atoms with Crippen LogP contribution in [0.5, 0.6) is 0 Å². The summed E-state index contributed by atoms with van der Waals surface area (Å²) in [6.07, 6.45) is 0.780. The topological polar surface area (TPSA) is 49.5 Å². The Labute approximate surface area is 101 Å². The van der Waals surface area contributed by atoms with Crippen LogP contribution in [0.4, 0.5) is 0 Å². The minimum absolute atomic E-state index is 0.220. The fraction of sp³-hybridized carbons (Fsp3) is 0.500. The lowest BCUT2D eigenvalue weighted by Gasteiger charge is -2.23. The second-order valence-corrected chi connectivity index (χ2v) is 4.51. The van der Waals surface area contributed by atoms with Crippen LogP contribution in [0.1, 0.15) is 23.6 Å². The molecule has 1 aromatic rings. The number of rotatable bonds is 4. The van der Waals surface area contributed by atoms with Crippen LogP contribution in [0, 0.1) is 0 Å². The summed E-state index contributed by atoms with van der Waals surface area (Å²) >= 11 is 6.17. The van der Waals surface area contributed by atoms with E-state index < -0.39 is 0 Å². The summed E-state index contributed by atoms with van der Waals surface area (Å²) in [6.45, 7) is 2.52. The number of hydrogen-bond donors (Lipinski definition) is 2. The summed E-state index contributed by atoms with van der Waals surface area (Å²) in [7, 11) is 0. The monoisotopic (exact) mass is 240 g/mol. The molecular formula is C12H17ClN2O. The minimum atomic E-state index is 0.220. The van der Waals surface area contributed by atoms with E-state index in [0.29, 0.717) is 6.54 Å². The zero-order valence-corrected chi connectivity index (χ0v) is 9.95. The average molecular weight is 241 g/mol. The Balaban J connectivity index is 2.22. The lowest BCUT2D eigenvalue weighted by atomic mass is 10.1. The van der Waals surface area contributed by atoms with Gasteiger partial charge < -0.3 is 10.8 Å². The summed E-state index contributed by atoms with van der Waals surface area (Å²) in [4.78, 5) is 2.28. The molecule has 0 saturated carbocycles. The van der Waals surface area contributed by atoms with Gasteiger partial charge >= 0.3 is 0 Å². The van der Waals surface area contributed by atoms with Crippen LogP contribution in [0.3, 0.4) is 0 Å². The standard InChI is InChI=1S/C12H17ClN2O/c13-11-4-1-3-9-10(11)8-15(5-2-6-16)12(9)7-14/h1,3-4,12,16H,2,5-8,14H2. The summed E-state index contributed by atoms with van der Waals surface area (Å²) in [5.41, 5.74) is 8.25. The van der Waals surface area contributed by atoms with Gasteiger partial charge in [0, 0.05) is 37.3 Å². The molecule has 3 N–H and O–H groups in total. The SMILES string of the molecule is NCC1c2cccc(Cl)c2CN1CCCO. The molecule has 0 bridgehead atoms. The molecule has 88 valence electrons. The molecule has 1 heterocycles. The molecule has 1 atom stereocenters. The highest BCUT2D eigenvalue weighted by Crippen LogP contribution is 2.36. The molecule has 0 radical (unpaired) electrons. The smallest absolute Gasteiger partial charge is 0.0477 e. The summed E-state index contributed by atoms with van der Waals surface area (Å²) in [6, 6.07) is 6.24. The number of nitrogens with two attached hydrogens (primary N) is 1. The van der Waals surface area contributed by atoms with Crippen LogP contribution in [0.25, 0.3) is 0 Å². The predicted octanol–water partition coefficient (Wildman–Crippen LogP) is 1.54. The molecule has 1 aromatic carbocycles. The number of aliphatic hydroxyl groups is 1. The highest BCUT2D eigenvalue weighted by molar-refractivity contribution is 6.31. The summed E-state index contributed by atoms with van der Waals surface area (Å²) < 4.78 is 0. The van der Waals surface area contributed by atoms with E-state index in [1.165, 1.54) is 11.1 Å². The van der Waals surface area contributed by atoms with Crippen LogP contribution < -0.4 is 5.73 Å². The minimum Gasteiger partial charge on any atom is -0.396 e. The number of fused-ring (bicyclic) bond motifs is 1. The fourth-order valence-electron chi connectivity index (χ4n) is 2.35. The van der Waals surface area contributed by atoms with Gasteiger partial charge in [0.1, 0.15) is 0 Å². The highest BCUT2D eigenvalue weighted by atomic mass is 35.5. The predicted molar refractivity (Wildman–Crippen MR) is 65.4 cm³/mol. The molecule has 0 aliphatic carbocycles. The van der Waals surface area contributed by atoms with Crippen molar-refractivity contribution in [2.24, 2.45) is 5.73 Å². The maximum atomic E-state index is 8.87. The molecule has 1 aliphatic rings. The third-order valence-corrected chi connectivity index (χ3v) is 3.50.